The first-order chi connectivity index (χ1) is 12.0. The zero-order chi connectivity index (χ0) is 17.8. The Kier molecular flexibility index (Phi) is 5.60. The van der Waals surface area contributed by atoms with Gasteiger partial charge in [0.05, 0.1) is 6.10 Å². The van der Waals surface area contributed by atoms with Crippen LogP contribution in [0, 0.1) is 24.5 Å². The van der Waals surface area contributed by atoms with E-state index in [-0.39, 0.29) is 5.56 Å². The molecule has 0 aliphatic carbocycles. The van der Waals surface area contributed by atoms with E-state index in [4.69, 9.17) is 0 Å². The summed E-state index contributed by atoms with van der Waals surface area (Å²) in [6.45, 7) is 4.71. The summed E-state index contributed by atoms with van der Waals surface area (Å²) >= 11 is 0. The molecule has 0 bridgehead atoms. The van der Waals surface area contributed by atoms with E-state index in [2.05, 4.69) is 15.2 Å². The third-order valence-electron chi connectivity index (χ3n) is 4.58. The van der Waals surface area contributed by atoms with E-state index in [1.54, 1.807) is 0 Å². The van der Waals surface area contributed by atoms with Crippen LogP contribution < -0.4 is 5.32 Å². The number of pyridine rings is 1. The number of aromatic nitrogens is 1. The molecule has 1 aliphatic heterocycles. The molecular weight excluding hydrogens is 324 g/mol. The molecule has 2 heterocycles. The number of halogens is 2. The minimum atomic E-state index is -1.03. The van der Waals surface area contributed by atoms with E-state index < -0.39 is 17.7 Å². The van der Waals surface area contributed by atoms with Gasteiger partial charge in [0.25, 0.3) is 0 Å². The SMILES string of the molecule is Cc1cccc(NCC2CCN(CC(O)c3cc(F)ccc3F)C2)n1. The van der Waals surface area contributed by atoms with Crippen LogP contribution in [0.2, 0.25) is 0 Å². The van der Waals surface area contributed by atoms with E-state index >= 15 is 0 Å². The van der Waals surface area contributed by atoms with Crippen molar-refractivity contribution in [1.29, 1.82) is 0 Å². The fourth-order valence-corrected chi connectivity index (χ4v) is 3.25. The Balaban J connectivity index is 1.50. The molecule has 3 rings (SSSR count). The van der Waals surface area contributed by atoms with Gasteiger partial charge in [0.2, 0.25) is 0 Å². The van der Waals surface area contributed by atoms with Gasteiger partial charge < -0.3 is 15.3 Å². The van der Waals surface area contributed by atoms with Crippen molar-refractivity contribution in [2.45, 2.75) is 19.4 Å². The summed E-state index contributed by atoms with van der Waals surface area (Å²) in [7, 11) is 0. The molecule has 2 atom stereocenters. The van der Waals surface area contributed by atoms with Crippen LogP contribution in [-0.4, -0.2) is 41.2 Å². The molecule has 1 fully saturated rings. The summed E-state index contributed by atoms with van der Waals surface area (Å²) in [6.07, 6.45) is -0.0298. The van der Waals surface area contributed by atoms with Crippen molar-refractivity contribution in [3.8, 4) is 0 Å². The van der Waals surface area contributed by atoms with E-state index in [0.29, 0.717) is 12.5 Å². The molecule has 0 radical (unpaired) electrons. The van der Waals surface area contributed by atoms with Crippen molar-refractivity contribution in [2.75, 3.05) is 31.5 Å². The van der Waals surface area contributed by atoms with Crippen molar-refractivity contribution >= 4 is 5.82 Å². The van der Waals surface area contributed by atoms with Crippen molar-refractivity contribution < 1.29 is 13.9 Å². The lowest BCUT2D eigenvalue weighted by molar-refractivity contribution is 0.120. The van der Waals surface area contributed by atoms with Gasteiger partial charge in [-0.1, -0.05) is 6.07 Å². The monoisotopic (exact) mass is 347 g/mol. The number of nitrogens with zero attached hydrogens (tertiary/aromatic N) is 2. The van der Waals surface area contributed by atoms with Crippen molar-refractivity contribution in [2.24, 2.45) is 5.92 Å². The first-order valence-corrected chi connectivity index (χ1v) is 8.54. The third-order valence-corrected chi connectivity index (χ3v) is 4.58. The summed E-state index contributed by atoms with van der Waals surface area (Å²) < 4.78 is 27.0. The first kappa shape index (κ1) is 17.8. The molecule has 0 saturated carbocycles. The van der Waals surface area contributed by atoms with E-state index in [9.17, 15) is 13.9 Å². The number of aryl methyl sites for hydroxylation is 1. The fraction of sp³-hybridized carbons (Fsp3) is 0.421. The number of hydrogen-bond acceptors (Lipinski definition) is 4. The number of benzene rings is 1. The molecule has 25 heavy (non-hydrogen) atoms. The minimum Gasteiger partial charge on any atom is -0.387 e. The van der Waals surface area contributed by atoms with Crippen LogP contribution in [0.15, 0.2) is 36.4 Å². The highest BCUT2D eigenvalue weighted by molar-refractivity contribution is 5.35. The highest BCUT2D eigenvalue weighted by Gasteiger charge is 2.25. The molecule has 0 amide bonds. The lowest BCUT2D eigenvalue weighted by atomic mass is 10.1. The number of anilines is 1. The van der Waals surface area contributed by atoms with Crippen molar-refractivity contribution in [3.63, 3.8) is 0 Å². The maximum atomic E-state index is 13.7. The molecule has 6 heteroatoms. The molecule has 2 unspecified atom stereocenters. The van der Waals surface area contributed by atoms with E-state index in [0.717, 1.165) is 55.8 Å². The molecule has 1 aromatic carbocycles. The van der Waals surface area contributed by atoms with Crippen LogP contribution in [0.25, 0.3) is 0 Å². The van der Waals surface area contributed by atoms with Crippen molar-refractivity contribution in [3.05, 3.63) is 59.3 Å². The number of nitrogens with one attached hydrogen (secondary N) is 1. The van der Waals surface area contributed by atoms with Gasteiger partial charge in [0, 0.05) is 30.9 Å². The second kappa shape index (κ2) is 7.89. The van der Waals surface area contributed by atoms with Gasteiger partial charge in [0.1, 0.15) is 17.5 Å². The van der Waals surface area contributed by atoms with E-state index in [1.807, 2.05) is 25.1 Å². The summed E-state index contributed by atoms with van der Waals surface area (Å²) in [5.41, 5.74) is 0.990. The number of aliphatic hydroxyl groups excluding tert-OH is 1. The smallest absolute Gasteiger partial charge is 0.129 e. The molecular formula is C19H23F2N3O. The number of aliphatic hydroxyl groups is 1. The van der Waals surface area contributed by atoms with Crippen LogP contribution in [0.5, 0.6) is 0 Å². The molecule has 2 aromatic rings. The number of likely N-dealkylation sites (tertiary alicyclic amines) is 1. The van der Waals surface area contributed by atoms with Crippen LogP contribution >= 0.6 is 0 Å². The Bertz CT molecular complexity index is 726. The van der Waals surface area contributed by atoms with E-state index in [1.165, 1.54) is 0 Å². The van der Waals surface area contributed by atoms with Gasteiger partial charge >= 0.3 is 0 Å². The zero-order valence-corrected chi connectivity index (χ0v) is 14.3. The Morgan fingerprint density at radius 1 is 1.32 bits per heavy atom. The Morgan fingerprint density at radius 2 is 2.16 bits per heavy atom. The molecule has 1 aliphatic rings. The molecule has 134 valence electrons. The largest absolute Gasteiger partial charge is 0.387 e. The molecule has 1 aromatic heterocycles. The molecule has 1 saturated heterocycles. The van der Waals surface area contributed by atoms with Crippen LogP contribution in [0.1, 0.15) is 23.8 Å². The molecule has 0 spiro atoms. The second-order valence-electron chi connectivity index (χ2n) is 6.64. The van der Waals surface area contributed by atoms with Crippen LogP contribution in [0.3, 0.4) is 0 Å². The van der Waals surface area contributed by atoms with Crippen LogP contribution in [-0.2, 0) is 0 Å². The second-order valence-corrected chi connectivity index (χ2v) is 6.64. The highest BCUT2D eigenvalue weighted by atomic mass is 19.1. The fourth-order valence-electron chi connectivity index (χ4n) is 3.25. The maximum absolute atomic E-state index is 13.7. The Hall–Kier alpha value is -2.05. The molecule has 4 nitrogen and oxygen atoms in total. The predicted octanol–water partition coefficient (Wildman–Crippen LogP) is 3.14. The summed E-state index contributed by atoms with van der Waals surface area (Å²) in [5.74, 6) is 0.189. The first-order valence-electron chi connectivity index (χ1n) is 8.54. The number of hydrogen-bond donors (Lipinski definition) is 2. The zero-order valence-electron chi connectivity index (χ0n) is 14.3. The average molecular weight is 347 g/mol. The molecule has 2 N–H and O–H groups in total. The highest BCUT2D eigenvalue weighted by Crippen LogP contribution is 2.23. The third kappa shape index (κ3) is 4.74. The maximum Gasteiger partial charge on any atom is 0.129 e. The lowest BCUT2D eigenvalue weighted by Gasteiger charge is -2.21. The van der Waals surface area contributed by atoms with Gasteiger partial charge in [-0.25, -0.2) is 13.8 Å². The quantitative estimate of drug-likeness (QED) is 0.843. The van der Waals surface area contributed by atoms with Crippen LogP contribution in [0.4, 0.5) is 14.6 Å². The minimum absolute atomic E-state index is 0.0190. The summed E-state index contributed by atoms with van der Waals surface area (Å²) in [6, 6.07) is 9.04. The van der Waals surface area contributed by atoms with Gasteiger partial charge in [-0.05, 0) is 56.1 Å². The predicted molar refractivity (Wildman–Crippen MR) is 93.3 cm³/mol. The summed E-state index contributed by atoms with van der Waals surface area (Å²) in [4.78, 5) is 6.51. The number of β-amino-alcohol motifs (C(OH)–C–C–N with tert-alkyl or cyclic N) is 1. The Labute approximate surface area is 146 Å². The lowest BCUT2D eigenvalue weighted by Crippen LogP contribution is -2.28. The Morgan fingerprint density at radius 3 is 2.96 bits per heavy atom. The standard InChI is InChI=1S/C19H23F2N3O/c1-13-3-2-4-19(23-13)22-10-14-7-8-24(11-14)12-18(25)16-9-15(20)5-6-17(16)21/h2-6,9,14,18,25H,7-8,10-12H2,1H3,(H,22,23). The number of rotatable bonds is 6. The van der Waals surface area contributed by atoms with Gasteiger partial charge in [-0.3, -0.25) is 0 Å². The average Bonchev–Trinajstić information content (AvgIpc) is 3.02. The topological polar surface area (TPSA) is 48.4 Å². The summed E-state index contributed by atoms with van der Waals surface area (Å²) in [5, 5.41) is 13.6. The van der Waals surface area contributed by atoms with Gasteiger partial charge in [0.15, 0.2) is 0 Å². The van der Waals surface area contributed by atoms with Crippen molar-refractivity contribution in [1.82, 2.24) is 9.88 Å². The van der Waals surface area contributed by atoms with Gasteiger partial charge in [-0.15, -0.1) is 0 Å². The van der Waals surface area contributed by atoms with Gasteiger partial charge in [-0.2, -0.15) is 0 Å². The normalized spacial score (nSPS) is 19.1.